The summed E-state index contributed by atoms with van der Waals surface area (Å²) in [6.45, 7) is 0.659. The van der Waals surface area contributed by atoms with E-state index in [0.717, 1.165) is 0 Å². The summed E-state index contributed by atoms with van der Waals surface area (Å²) in [5, 5.41) is 0. The molecule has 5 heteroatoms. The first-order valence-electron chi connectivity index (χ1n) is 5.70. The summed E-state index contributed by atoms with van der Waals surface area (Å²) in [4.78, 5) is 24.6. The second-order valence-corrected chi connectivity index (χ2v) is 4.33. The van der Waals surface area contributed by atoms with Crippen LogP contribution in [-0.4, -0.2) is 30.4 Å². The molecular formula is C13H14FNO3. The lowest BCUT2D eigenvalue weighted by atomic mass is 10.1. The first-order chi connectivity index (χ1) is 8.60. The molecule has 4 nitrogen and oxygen atoms in total. The highest BCUT2D eigenvalue weighted by atomic mass is 19.1. The van der Waals surface area contributed by atoms with E-state index >= 15 is 0 Å². The molecule has 1 aliphatic rings. The van der Waals surface area contributed by atoms with Gasteiger partial charge >= 0.3 is 5.97 Å². The number of esters is 1. The number of likely N-dealkylation sites (tertiary alicyclic amines) is 1. The van der Waals surface area contributed by atoms with Crippen molar-refractivity contribution in [2.24, 2.45) is 5.92 Å². The molecule has 0 radical (unpaired) electrons. The van der Waals surface area contributed by atoms with Crippen LogP contribution in [0.5, 0.6) is 0 Å². The van der Waals surface area contributed by atoms with Crippen molar-refractivity contribution >= 4 is 11.9 Å². The van der Waals surface area contributed by atoms with Gasteiger partial charge in [-0.3, -0.25) is 9.59 Å². The first kappa shape index (κ1) is 12.5. The van der Waals surface area contributed by atoms with Gasteiger partial charge in [0.05, 0.1) is 13.0 Å². The van der Waals surface area contributed by atoms with Crippen LogP contribution in [0, 0.1) is 11.7 Å². The van der Waals surface area contributed by atoms with Crippen LogP contribution in [0.1, 0.15) is 12.0 Å². The van der Waals surface area contributed by atoms with Crippen molar-refractivity contribution in [3.05, 3.63) is 35.6 Å². The highest BCUT2D eigenvalue weighted by Gasteiger charge is 2.34. The molecule has 1 aromatic rings. The Kier molecular flexibility index (Phi) is 3.60. The molecule has 1 aromatic carbocycles. The van der Waals surface area contributed by atoms with Crippen molar-refractivity contribution < 1.29 is 18.7 Å². The van der Waals surface area contributed by atoms with Gasteiger partial charge in [0.1, 0.15) is 5.82 Å². The van der Waals surface area contributed by atoms with Crippen LogP contribution in [0.2, 0.25) is 0 Å². The number of carbonyl (C=O) groups excluding carboxylic acids is 2. The van der Waals surface area contributed by atoms with Gasteiger partial charge in [-0.05, 0) is 17.7 Å². The van der Waals surface area contributed by atoms with Crippen LogP contribution >= 0.6 is 0 Å². The summed E-state index contributed by atoms with van der Waals surface area (Å²) in [5.74, 6) is -1.21. The smallest absolute Gasteiger partial charge is 0.310 e. The summed E-state index contributed by atoms with van der Waals surface area (Å²) < 4.78 is 17.6. The Morgan fingerprint density at radius 3 is 3.00 bits per heavy atom. The van der Waals surface area contributed by atoms with E-state index < -0.39 is 5.92 Å². The molecule has 1 unspecified atom stereocenters. The normalized spacial score (nSPS) is 19.1. The second-order valence-electron chi connectivity index (χ2n) is 4.33. The lowest BCUT2D eigenvalue weighted by Crippen LogP contribution is -2.26. The third-order valence-corrected chi connectivity index (χ3v) is 3.01. The molecule has 0 aromatic heterocycles. The Balaban J connectivity index is 2.02. The van der Waals surface area contributed by atoms with Crippen molar-refractivity contribution in [1.82, 2.24) is 4.90 Å². The molecule has 1 fully saturated rings. The minimum absolute atomic E-state index is 0.102. The largest absolute Gasteiger partial charge is 0.469 e. The molecule has 1 saturated heterocycles. The summed E-state index contributed by atoms with van der Waals surface area (Å²) in [5.41, 5.74) is 0.717. The highest BCUT2D eigenvalue weighted by molar-refractivity contribution is 5.86. The van der Waals surface area contributed by atoms with Crippen LogP contribution in [0.3, 0.4) is 0 Å². The van der Waals surface area contributed by atoms with Crippen molar-refractivity contribution in [1.29, 1.82) is 0 Å². The molecule has 0 saturated carbocycles. The average molecular weight is 251 g/mol. The topological polar surface area (TPSA) is 46.6 Å². The fourth-order valence-electron chi connectivity index (χ4n) is 2.11. The van der Waals surface area contributed by atoms with E-state index in [1.54, 1.807) is 17.0 Å². The summed E-state index contributed by atoms with van der Waals surface area (Å²) in [6.07, 6.45) is 0.169. The van der Waals surface area contributed by atoms with E-state index in [0.29, 0.717) is 18.7 Å². The highest BCUT2D eigenvalue weighted by Crippen LogP contribution is 2.21. The summed E-state index contributed by atoms with van der Waals surface area (Å²) >= 11 is 0. The quantitative estimate of drug-likeness (QED) is 0.762. The van der Waals surface area contributed by atoms with Crippen LogP contribution in [0.4, 0.5) is 4.39 Å². The van der Waals surface area contributed by atoms with Gasteiger partial charge in [-0.15, -0.1) is 0 Å². The SMILES string of the molecule is COC(=O)C1CC(=O)N(Cc2cccc(F)c2)C1. The molecule has 96 valence electrons. The number of halogens is 1. The molecule has 18 heavy (non-hydrogen) atoms. The molecule has 1 heterocycles. The lowest BCUT2D eigenvalue weighted by Gasteiger charge is -2.16. The maximum absolute atomic E-state index is 13.0. The Morgan fingerprint density at radius 1 is 1.56 bits per heavy atom. The molecule has 0 N–H and O–H groups in total. The van der Waals surface area contributed by atoms with E-state index in [9.17, 15) is 14.0 Å². The molecule has 2 rings (SSSR count). The lowest BCUT2D eigenvalue weighted by molar-refractivity contribution is -0.145. The fraction of sp³-hybridized carbons (Fsp3) is 0.385. The number of methoxy groups -OCH3 is 1. The van der Waals surface area contributed by atoms with E-state index in [1.165, 1.54) is 19.2 Å². The summed E-state index contributed by atoms with van der Waals surface area (Å²) in [7, 11) is 1.31. The van der Waals surface area contributed by atoms with Gasteiger partial charge in [0.2, 0.25) is 5.91 Å². The molecule has 0 spiro atoms. The Hall–Kier alpha value is -1.91. The number of amides is 1. The molecular weight excluding hydrogens is 237 g/mol. The Labute approximate surface area is 104 Å². The second kappa shape index (κ2) is 5.16. The van der Waals surface area contributed by atoms with Crippen molar-refractivity contribution in [2.45, 2.75) is 13.0 Å². The van der Waals surface area contributed by atoms with Gasteiger partial charge in [0, 0.05) is 19.5 Å². The summed E-state index contributed by atoms with van der Waals surface area (Å²) in [6, 6.07) is 6.09. The average Bonchev–Trinajstić information content (AvgIpc) is 2.70. The van der Waals surface area contributed by atoms with Crippen LogP contribution in [0.15, 0.2) is 24.3 Å². The number of benzene rings is 1. The fourth-order valence-corrected chi connectivity index (χ4v) is 2.11. The van der Waals surface area contributed by atoms with E-state index in [-0.39, 0.29) is 24.1 Å². The molecule has 0 bridgehead atoms. The number of ether oxygens (including phenoxy) is 1. The zero-order valence-corrected chi connectivity index (χ0v) is 10.1. The number of rotatable bonds is 3. The van der Waals surface area contributed by atoms with Crippen LogP contribution in [-0.2, 0) is 20.9 Å². The van der Waals surface area contributed by atoms with Gasteiger partial charge in [-0.2, -0.15) is 0 Å². The Bertz CT molecular complexity index is 475. The maximum Gasteiger partial charge on any atom is 0.310 e. The van der Waals surface area contributed by atoms with Gasteiger partial charge in [-0.1, -0.05) is 12.1 Å². The van der Waals surface area contributed by atoms with Gasteiger partial charge in [-0.25, -0.2) is 4.39 Å². The van der Waals surface area contributed by atoms with Crippen molar-refractivity contribution in [2.75, 3.05) is 13.7 Å². The van der Waals surface area contributed by atoms with E-state index in [4.69, 9.17) is 0 Å². The predicted molar refractivity (Wildman–Crippen MR) is 61.9 cm³/mol. The molecule has 1 aliphatic heterocycles. The molecule has 1 amide bonds. The molecule has 0 aliphatic carbocycles. The van der Waals surface area contributed by atoms with Crippen molar-refractivity contribution in [3.8, 4) is 0 Å². The van der Waals surface area contributed by atoms with Crippen LogP contribution in [0.25, 0.3) is 0 Å². The number of hydrogen-bond donors (Lipinski definition) is 0. The van der Waals surface area contributed by atoms with Gasteiger partial charge < -0.3 is 9.64 Å². The minimum atomic E-state index is -0.406. The minimum Gasteiger partial charge on any atom is -0.469 e. The maximum atomic E-state index is 13.0. The monoisotopic (exact) mass is 251 g/mol. The number of nitrogens with zero attached hydrogens (tertiary/aromatic N) is 1. The van der Waals surface area contributed by atoms with Crippen LogP contribution < -0.4 is 0 Å². The third kappa shape index (κ3) is 2.67. The third-order valence-electron chi connectivity index (χ3n) is 3.01. The first-order valence-corrected chi connectivity index (χ1v) is 5.70. The number of carbonyl (C=O) groups is 2. The van der Waals surface area contributed by atoms with Gasteiger partial charge in [0.15, 0.2) is 0 Å². The van der Waals surface area contributed by atoms with E-state index in [2.05, 4.69) is 4.74 Å². The van der Waals surface area contributed by atoms with E-state index in [1.807, 2.05) is 0 Å². The standard InChI is InChI=1S/C13H14FNO3/c1-18-13(17)10-6-12(16)15(8-10)7-9-3-2-4-11(14)5-9/h2-5,10H,6-8H2,1H3. The zero-order chi connectivity index (χ0) is 13.1. The Morgan fingerprint density at radius 2 is 2.33 bits per heavy atom. The predicted octanol–water partition coefficient (Wildman–Crippen LogP) is 1.35. The number of hydrogen-bond acceptors (Lipinski definition) is 3. The van der Waals surface area contributed by atoms with Crippen molar-refractivity contribution in [3.63, 3.8) is 0 Å². The zero-order valence-electron chi connectivity index (χ0n) is 10.1. The molecule has 1 atom stereocenters. The van der Waals surface area contributed by atoms with Gasteiger partial charge in [0.25, 0.3) is 0 Å².